The molecule has 1 unspecified atom stereocenters. The minimum Gasteiger partial charge on any atom is -0.396 e. The molecular weight excluding hydrogens is 327 g/mol. The Morgan fingerprint density at radius 3 is 2.83 bits per heavy atom. The van der Waals surface area contributed by atoms with Crippen molar-refractivity contribution in [1.82, 2.24) is 9.88 Å². The molecule has 126 valence electrons. The summed E-state index contributed by atoms with van der Waals surface area (Å²) in [6.07, 6.45) is 2.50. The molecule has 1 amide bonds. The molecule has 4 nitrogen and oxygen atoms in total. The molecule has 1 fully saturated rings. The molecule has 1 N–H and O–H groups in total. The topological polar surface area (TPSA) is 53.4 Å². The summed E-state index contributed by atoms with van der Waals surface area (Å²) in [4.78, 5) is 18.8. The summed E-state index contributed by atoms with van der Waals surface area (Å²) >= 11 is 1.47. The van der Waals surface area contributed by atoms with Crippen LogP contribution in [0.15, 0.2) is 47.6 Å². The zero-order valence-electron chi connectivity index (χ0n) is 13.2. The van der Waals surface area contributed by atoms with Gasteiger partial charge in [0.1, 0.15) is 10.8 Å². The van der Waals surface area contributed by atoms with Gasteiger partial charge in [0.25, 0.3) is 5.91 Å². The molecule has 6 heteroatoms. The van der Waals surface area contributed by atoms with E-state index in [4.69, 9.17) is 0 Å². The summed E-state index contributed by atoms with van der Waals surface area (Å²) in [6, 6.07) is 9.88. The van der Waals surface area contributed by atoms with Gasteiger partial charge in [-0.1, -0.05) is 12.1 Å². The van der Waals surface area contributed by atoms with Crippen molar-refractivity contribution in [3.8, 4) is 0 Å². The van der Waals surface area contributed by atoms with E-state index in [-0.39, 0.29) is 24.2 Å². The number of pyridine rings is 1. The Kier molecular flexibility index (Phi) is 5.48. The number of aliphatic hydroxyl groups excluding tert-OH is 1. The van der Waals surface area contributed by atoms with Gasteiger partial charge < -0.3 is 10.0 Å². The van der Waals surface area contributed by atoms with E-state index >= 15 is 0 Å². The van der Waals surface area contributed by atoms with Crippen molar-refractivity contribution in [2.45, 2.75) is 17.2 Å². The number of likely N-dealkylation sites (tertiary alicyclic amines) is 1. The number of benzene rings is 1. The van der Waals surface area contributed by atoms with Gasteiger partial charge in [0.2, 0.25) is 0 Å². The number of aromatic nitrogens is 1. The number of hydrogen-bond donors (Lipinski definition) is 1. The first-order valence-electron chi connectivity index (χ1n) is 7.90. The Bertz CT molecular complexity index is 708. The van der Waals surface area contributed by atoms with Crippen molar-refractivity contribution >= 4 is 17.7 Å². The zero-order chi connectivity index (χ0) is 16.9. The molecule has 1 aromatic carbocycles. The van der Waals surface area contributed by atoms with Crippen molar-refractivity contribution < 1.29 is 14.3 Å². The number of amides is 1. The number of thioether (sulfide) groups is 1. The minimum atomic E-state index is -0.259. The van der Waals surface area contributed by atoms with Gasteiger partial charge in [-0.25, -0.2) is 9.37 Å². The molecule has 24 heavy (non-hydrogen) atoms. The van der Waals surface area contributed by atoms with Gasteiger partial charge in [0, 0.05) is 37.6 Å². The van der Waals surface area contributed by atoms with E-state index in [1.54, 1.807) is 35.4 Å². The number of halogens is 1. The summed E-state index contributed by atoms with van der Waals surface area (Å²) in [5, 5.41) is 9.92. The number of nitrogens with zero attached hydrogens (tertiary/aromatic N) is 2. The van der Waals surface area contributed by atoms with Crippen molar-refractivity contribution in [2.24, 2.45) is 5.92 Å². The normalized spacial score (nSPS) is 17.2. The predicted molar refractivity (Wildman–Crippen MR) is 91.3 cm³/mol. The number of carbonyl (C=O) groups excluding carboxylic acids is 1. The Labute approximate surface area is 144 Å². The maximum absolute atomic E-state index is 13.0. The Hall–Kier alpha value is -1.92. The molecule has 1 saturated heterocycles. The molecule has 0 radical (unpaired) electrons. The van der Waals surface area contributed by atoms with Crippen molar-refractivity contribution in [2.75, 3.05) is 19.7 Å². The molecule has 0 aliphatic carbocycles. The van der Waals surface area contributed by atoms with Gasteiger partial charge in [-0.05, 0) is 36.2 Å². The average Bonchev–Trinajstić information content (AvgIpc) is 3.10. The summed E-state index contributed by atoms with van der Waals surface area (Å²) in [5.41, 5.74) is 1.56. The maximum atomic E-state index is 13.0. The highest BCUT2D eigenvalue weighted by atomic mass is 32.2. The smallest absolute Gasteiger partial charge is 0.256 e. The summed E-state index contributed by atoms with van der Waals surface area (Å²) < 4.78 is 13.0. The molecule has 1 aliphatic heterocycles. The van der Waals surface area contributed by atoms with Crippen LogP contribution in [-0.2, 0) is 5.75 Å². The fourth-order valence-electron chi connectivity index (χ4n) is 2.74. The molecular formula is C18H19FN2O2S. The molecule has 0 bridgehead atoms. The monoisotopic (exact) mass is 346 g/mol. The molecule has 3 rings (SSSR count). The van der Waals surface area contributed by atoms with Gasteiger partial charge >= 0.3 is 0 Å². The van der Waals surface area contributed by atoms with Crippen LogP contribution in [0, 0.1) is 11.7 Å². The standard InChI is InChI=1S/C18H19FN2O2S/c19-15-5-3-13(4-6-15)12-24-17-16(2-1-8-20-17)18(23)21-9-7-14(10-21)11-22/h1-6,8,14,22H,7,9-12H2. The molecule has 2 aromatic rings. The molecule has 1 aliphatic rings. The van der Waals surface area contributed by atoms with Crippen molar-refractivity contribution in [3.05, 3.63) is 59.5 Å². The van der Waals surface area contributed by atoms with E-state index in [0.717, 1.165) is 12.0 Å². The van der Waals surface area contributed by atoms with Gasteiger partial charge in [0.05, 0.1) is 5.56 Å². The van der Waals surface area contributed by atoms with Crippen molar-refractivity contribution in [3.63, 3.8) is 0 Å². The van der Waals surface area contributed by atoms with Crippen LogP contribution >= 0.6 is 11.8 Å². The highest BCUT2D eigenvalue weighted by Crippen LogP contribution is 2.27. The third-order valence-corrected chi connectivity index (χ3v) is 5.20. The molecule has 0 spiro atoms. The second-order valence-electron chi connectivity index (χ2n) is 5.86. The maximum Gasteiger partial charge on any atom is 0.256 e. The van der Waals surface area contributed by atoms with Crippen LogP contribution in [0.5, 0.6) is 0 Å². The van der Waals surface area contributed by atoms with Gasteiger partial charge in [-0.15, -0.1) is 11.8 Å². The van der Waals surface area contributed by atoms with E-state index in [9.17, 15) is 14.3 Å². The van der Waals surface area contributed by atoms with E-state index in [0.29, 0.717) is 29.4 Å². The van der Waals surface area contributed by atoms with Gasteiger partial charge in [-0.3, -0.25) is 4.79 Å². The van der Waals surface area contributed by atoms with Crippen LogP contribution in [-0.4, -0.2) is 40.6 Å². The van der Waals surface area contributed by atoms with Crippen LogP contribution in [0.2, 0.25) is 0 Å². The second kappa shape index (κ2) is 7.77. The van der Waals surface area contributed by atoms with Crippen LogP contribution < -0.4 is 0 Å². The molecule has 0 saturated carbocycles. The predicted octanol–water partition coefficient (Wildman–Crippen LogP) is 2.97. The quantitative estimate of drug-likeness (QED) is 0.846. The van der Waals surface area contributed by atoms with Crippen LogP contribution in [0.25, 0.3) is 0 Å². The lowest BCUT2D eigenvalue weighted by atomic mass is 10.1. The number of aliphatic hydroxyl groups is 1. The van der Waals surface area contributed by atoms with Crippen LogP contribution in [0.4, 0.5) is 4.39 Å². The van der Waals surface area contributed by atoms with E-state index in [1.807, 2.05) is 0 Å². The lowest BCUT2D eigenvalue weighted by Gasteiger charge is -2.17. The number of rotatable bonds is 5. The summed E-state index contributed by atoms with van der Waals surface area (Å²) in [6.45, 7) is 1.37. The highest BCUT2D eigenvalue weighted by molar-refractivity contribution is 7.98. The lowest BCUT2D eigenvalue weighted by Crippen LogP contribution is -2.29. The summed E-state index contributed by atoms with van der Waals surface area (Å²) in [7, 11) is 0. The Morgan fingerprint density at radius 1 is 1.33 bits per heavy atom. The molecule has 1 atom stereocenters. The van der Waals surface area contributed by atoms with E-state index in [1.165, 1.54) is 23.9 Å². The Morgan fingerprint density at radius 2 is 2.12 bits per heavy atom. The van der Waals surface area contributed by atoms with Crippen molar-refractivity contribution in [1.29, 1.82) is 0 Å². The summed E-state index contributed by atoms with van der Waals surface area (Å²) in [5.74, 6) is 0.489. The van der Waals surface area contributed by atoms with Gasteiger partial charge in [-0.2, -0.15) is 0 Å². The second-order valence-corrected chi connectivity index (χ2v) is 6.82. The van der Waals surface area contributed by atoms with E-state index in [2.05, 4.69) is 4.98 Å². The molecule has 2 heterocycles. The largest absolute Gasteiger partial charge is 0.396 e. The average molecular weight is 346 g/mol. The number of carbonyl (C=O) groups is 1. The van der Waals surface area contributed by atoms with Crippen LogP contribution in [0.3, 0.4) is 0 Å². The first kappa shape index (κ1) is 16.9. The molecule has 1 aromatic heterocycles. The number of hydrogen-bond acceptors (Lipinski definition) is 4. The fraction of sp³-hybridized carbons (Fsp3) is 0.333. The van der Waals surface area contributed by atoms with E-state index < -0.39 is 0 Å². The zero-order valence-corrected chi connectivity index (χ0v) is 14.0. The third-order valence-electron chi connectivity index (χ3n) is 4.12. The Balaban J connectivity index is 1.70. The first-order valence-corrected chi connectivity index (χ1v) is 8.88. The SMILES string of the molecule is O=C(c1cccnc1SCc1ccc(F)cc1)N1CCC(CO)C1. The van der Waals surface area contributed by atoms with Crippen LogP contribution in [0.1, 0.15) is 22.3 Å². The first-order chi connectivity index (χ1) is 11.7. The fourth-order valence-corrected chi connectivity index (χ4v) is 3.68. The highest BCUT2D eigenvalue weighted by Gasteiger charge is 2.27. The minimum absolute atomic E-state index is 0.0411. The lowest BCUT2D eigenvalue weighted by molar-refractivity contribution is 0.0777. The van der Waals surface area contributed by atoms with Gasteiger partial charge in [0.15, 0.2) is 0 Å². The third kappa shape index (κ3) is 3.94.